The molecule has 184 valence electrons. The van der Waals surface area contributed by atoms with Crippen LogP contribution in [0.4, 0.5) is 5.69 Å². The van der Waals surface area contributed by atoms with Crippen molar-refractivity contribution >= 4 is 67.1 Å². The Kier molecular flexibility index (Phi) is 8.07. The van der Waals surface area contributed by atoms with Gasteiger partial charge in [-0.25, -0.2) is 9.79 Å². The molecule has 0 unspecified atom stereocenters. The zero-order chi connectivity index (χ0) is 25.8. The van der Waals surface area contributed by atoms with E-state index in [4.69, 9.17) is 25.8 Å². The van der Waals surface area contributed by atoms with Gasteiger partial charge in [0, 0.05) is 16.6 Å². The van der Waals surface area contributed by atoms with Crippen molar-refractivity contribution in [1.82, 2.24) is 0 Å². The van der Waals surface area contributed by atoms with Gasteiger partial charge in [-0.15, -0.1) is 0 Å². The summed E-state index contributed by atoms with van der Waals surface area (Å²) in [5.41, 5.74) is 1.52. The van der Waals surface area contributed by atoms with Crippen LogP contribution in [-0.2, 0) is 16.1 Å². The van der Waals surface area contributed by atoms with Gasteiger partial charge in [0.15, 0.2) is 17.2 Å². The molecule has 4 rings (SSSR count). The fourth-order valence-electron chi connectivity index (χ4n) is 3.33. The molecule has 36 heavy (non-hydrogen) atoms. The van der Waals surface area contributed by atoms with Crippen molar-refractivity contribution in [3.63, 3.8) is 0 Å². The molecule has 1 heterocycles. The lowest BCUT2D eigenvalue weighted by atomic mass is 10.1. The molecule has 0 radical (unpaired) electrons. The molecule has 1 aliphatic heterocycles. The van der Waals surface area contributed by atoms with E-state index in [1.807, 2.05) is 31.2 Å². The molecule has 8 nitrogen and oxygen atoms in total. The lowest BCUT2D eigenvalue weighted by Gasteiger charge is -2.15. The monoisotopic (exact) mass is 634 g/mol. The van der Waals surface area contributed by atoms with Gasteiger partial charge in [0.1, 0.15) is 6.61 Å². The van der Waals surface area contributed by atoms with E-state index in [9.17, 15) is 14.9 Å². The average molecular weight is 637 g/mol. The maximum absolute atomic E-state index is 12.5. The number of carbonyl (C=O) groups excluding carboxylic acids is 1. The highest BCUT2D eigenvalue weighted by molar-refractivity contribution is 9.10. The summed E-state index contributed by atoms with van der Waals surface area (Å²) in [7, 11) is 0. The molecule has 0 saturated carbocycles. The molecule has 0 amide bonds. The van der Waals surface area contributed by atoms with Crippen molar-refractivity contribution in [1.29, 1.82) is 0 Å². The number of hydrogen-bond donors (Lipinski definition) is 0. The lowest BCUT2D eigenvalue weighted by Crippen LogP contribution is -2.06. The number of ether oxygens (including phenoxy) is 3. The second-order valence-corrected chi connectivity index (χ2v) is 9.62. The summed E-state index contributed by atoms with van der Waals surface area (Å²) >= 11 is 13.1. The van der Waals surface area contributed by atoms with E-state index >= 15 is 0 Å². The van der Waals surface area contributed by atoms with E-state index in [0.29, 0.717) is 34.7 Å². The highest BCUT2D eigenvalue weighted by Gasteiger charge is 2.27. The van der Waals surface area contributed by atoms with Gasteiger partial charge in [0.25, 0.3) is 5.69 Å². The van der Waals surface area contributed by atoms with Crippen LogP contribution in [0.1, 0.15) is 23.6 Å². The smallest absolute Gasteiger partial charge is 0.363 e. The molecule has 0 fully saturated rings. The van der Waals surface area contributed by atoms with Gasteiger partial charge in [-0.05, 0) is 70.4 Å². The van der Waals surface area contributed by atoms with Gasteiger partial charge in [0.2, 0.25) is 5.90 Å². The molecule has 0 saturated heterocycles. The molecule has 0 aliphatic carbocycles. The van der Waals surface area contributed by atoms with E-state index in [-0.39, 0.29) is 27.9 Å². The molecule has 1 aliphatic rings. The van der Waals surface area contributed by atoms with Crippen LogP contribution < -0.4 is 9.47 Å². The highest BCUT2D eigenvalue weighted by Crippen LogP contribution is 2.38. The molecular weight excluding hydrogens is 620 g/mol. The summed E-state index contributed by atoms with van der Waals surface area (Å²) in [4.78, 5) is 27.2. The number of nitro groups is 1. The number of rotatable bonds is 8. The molecule has 0 aromatic heterocycles. The van der Waals surface area contributed by atoms with Crippen LogP contribution in [0.15, 0.2) is 74.2 Å². The van der Waals surface area contributed by atoms with Gasteiger partial charge in [-0.3, -0.25) is 10.1 Å². The van der Waals surface area contributed by atoms with E-state index in [1.165, 1.54) is 24.3 Å². The van der Waals surface area contributed by atoms with Gasteiger partial charge in [-0.2, -0.15) is 0 Å². The van der Waals surface area contributed by atoms with Crippen LogP contribution in [0.3, 0.4) is 0 Å². The highest BCUT2D eigenvalue weighted by atomic mass is 79.9. The molecule has 3 aromatic rings. The third kappa shape index (κ3) is 5.95. The van der Waals surface area contributed by atoms with Crippen molar-refractivity contribution in [3.8, 4) is 11.5 Å². The second-order valence-electron chi connectivity index (χ2n) is 7.44. The minimum atomic E-state index is -0.711. The standard InChI is InChI=1S/C25H17Br2ClN2O6/c1-2-34-22-11-15(9-19(27)23(22)35-13-14-4-3-5-16(26)8-14)10-21-25(31)36-24(29-21)18-12-17(30(32)33)6-7-20(18)28/h3-12H,2,13H2,1H3/b21-10-. The van der Waals surface area contributed by atoms with Gasteiger partial charge >= 0.3 is 5.97 Å². The molecule has 0 spiro atoms. The number of carbonyl (C=O) groups is 1. The summed E-state index contributed by atoms with van der Waals surface area (Å²) in [5.74, 6) is 0.168. The first-order chi connectivity index (χ1) is 17.2. The van der Waals surface area contributed by atoms with E-state index in [0.717, 1.165) is 10.0 Å². The Balaban J connectivity index is 1.64. The zero-order valence-electron chi connectivity index (χ0n) is 18.7. The fourth-order valence-corrected chi connectivity index (χ4v) is 4.55. The number of non-ortho nitro benzene ring substituents is 1. The van der Waals surface area contributed by atoms with Crippen molar-refractivity contribution in [2.45, 2.75) is 13.5 Å². The number of cyclic esters (lactones) is 1. The van der Waals surface area contributed by atoms with E-state index in [2.05, 4.69) is 36.9 Å². The van der Waals surface area contributed by atoms with Crippen LogP contribution in [0.2, 0.25) is 5.02 Å². The summed E-state index contributed by atoms with van der Waals surface area (Å²) < 4.78 is 18.6. The molecule has 3 aromatic carbocycles. The van der Waals surface area contributed by atoms with Crippen LogP contribution in [0.25, 0.3) is 6.08 Å². The molecular formula is C25H17Br2ClN2O6. The Bertz CT molecular complexity index is 1420. The summed E-state index contributed by atoms with van der Waals surface area (Å²) in [5, 5.41) is 11.3. The Morgan fingerprint density at radius 3 is 2.67 bits per heavy atom. The first kappa shape index (κ1) is 25.9. The number of hydrogen-bond acceptors (Lipinski definition) is 7. The Morgan fingerprint density at radius 2 is 1.94 bits per heavy atom. The number of benzene rings is 3. The van der Waals surface area contributed by atoms with Crippen LogP contribution >= 0.6 is 43.5 Å². The van der Waals surface area contributed by atoms with Gasteiger partial charge in [-0.1, -0.05) is 39.7 Å². The quantitative estimate of drug-likeness (QED) is 0.113. The van der Waals surface area contributed by atoms with Gasteiger partial charge < -0.3 is 14.2 Å². The van der Waals surface area contributed by atoms with Crippen molar-refractivity contribution in [2.75, 3.05) is 6.61 Å². The number of nitrogens with zero attached hydrogens (tertiary/aromatic N) is 2. The SMILES string of the molecule is CCOc1cc(/C=C2\N=C(c3cc([N+](=O)[O-])ccc3Cl)OC2=O)cc(Br)c1OCc1cccc(Br)c1. The van der Waals surface area contributed by atoms with E-state index in [1.54, 1.807) is 12.1 Å². The minimum Gasteiger partial charge on any atom is -0.490 e. The summed E-state index contributed by atoms with van der Waals surface area (Å²) in [6.07, 6.45) is 1.52. The molecule has 11 heteroatoms. The normalized spacial score (nSPS) is 13.9. The third-order valence-corrected chi connectivity index (χ3v) is 6.33. The Labute approximate surface area is 227 Å². The number of esters is 1. The first-order valence-corrected chi connectivity index (χ1v) is 12.5. The molecule has 0 bridgehead atoms. The fraction of sp³-hybridized carbons (Fsp3) is 0.120. The summed E-state index contributed by atoms with van der Waals surface area (Å²) in [6.45, 7) is 2.57. The lowest BCUT2D eigenvalue weighted by molar-refractivity contribution is -0.384. The van der Waals surface area contributed by atoms with Crippen molar-refractivity contribution in [2.24, 2.45) is 4.99 Å². The summed E-state index contributed by atoms with van der Waals surface area (Å²) in [6, 6.07) is 15.1. The van der Waals surface area contributed by atoms with Crippen LogP contribution in [0, 0.1) is 10.1 Å². The van der Waals surface area contributed by atoms with E-state index < -0.39 is 10.9 Å². The van der Waals surface area contributed by atoms with Crippen molar-refractivity contribution < 1.29 is 23.9 Å². The predicted octanol–water partition coefficient (Wildman–Crippen LogP) is 7.10. The number of halogens is 3. The Hall–Kier alpha value is -3.21. The van der Waals surface area contributed by atoms with Crippen LogP contribution in [0.5, 0.6) is 11.5 Å². The molecule has 0 atom stereocenters. The molecule has 0 N–H and O–H groups in total. The largest absolute Gasteiger partial charge is 0.490 e. The van der Waals surface area contributed by atoms with Crippen molar-refractivity contribution in [3.05, 3.63) is 101 Å². The minimum absolute atomic E-state index is 0.00438. The Morgan fingerprint density at radius 1 is 1.14 bits per heavy atom. The van der Waals surface area contributed by atoms with Gasteiger partial charge in [0.05, 0.1) is 26.6 Å². The maximum Gasteiger partial charge on any atom is 0.363 e. The van der Waals surface area contributed by atoms with Crippen LogP contribution in [-0.4, -0.2) is 23.4 Å². The number of nitro benzene ring substituents is 1. The first-order valence-electron chi connectivity index (χ1n) is 10.6. The maximum atomic E-state index is 12.5. The number of aliphatic imine (C=N–C) groups is 1. The topological polar surface area (TPSA) is 100 Å². The second kappa shape index (κ2) is 11.2. The zero-order valence-corrected chi connectivity index (χ0v) is 22.6. The predicted molar refractivity (Wildman–Crippen MR) is 142 cm³/mol. The average Bonchev–Trinajstić information content (AvgIpc) is 3.18. The third-order valence-electron chi connectivity index (χ3n) is 4.92.